The molecule has 1 amide bonds. The highest BCUT2D eigenvalue weighted by Gasteiger charge is 2.06. The Kier molecular flexibility index (Phi) is 5.20. The molecule has 0 radical (unpaired) electrons. The topological polar surface area (TPSA) is 55.4 Å². The van der Waals surface area contributed by atoms with E-state index >= 15 is 0 Å². The number of rotatable bonds is 5. The number of carbonyl (C=O) groups is 2. The molecule has 0 aliphatic carbocycles. The molecular weight excluding hydrogens is 218 g/mol. The average molecular weight is 235 g/mol. The van der Waals surface area contributed by atoms with Gasteiger partial charge in [0.15, 0.2) is 0 Å². The lowest BCUT2D eigenvalue weighted by Crippen LogP contribution is -2.10. The first-order valence-electron chi connectivity index (χ1n) is 5.74. The second-order valence-corrected chi connectivity index (χ2v) is 3.61. The summed E-state index contributed by atoms with van der Waals surface area (Å²) >= 11 is 0. The van der Waals surface area contributed by atoms with E-state index in [9.17, 15) is 9.59 Å². The third-order valence-corrected chi connectivity index (χ3v) is 2.16. The van der Waals surface area contributed by atoms with Gasteiger partial charge in [0, 0.05) is 12.1 Å². The molecule has 0 aliphatic rings. The molecule has 1 N–H and O–H groups in total. The van der Waals surface area contributed by atoms with Gasteiger partial charge in [-0.15, -0.1) is 0 Å². The number of nitrogens with one attached hydrogen (secondary N) is 1. The highest BCUT2D eigenvalue weighted by atomic mass is 16.5. The van der Waals surface area contributed by atoms with E-state index in [-0.39, 0.29) is 11.9 Å². The van der Waals surface area contributed by atoms with Crippen LogP contribution in [0, 0.1) is 0 Å². The van der Waals surface area contributed by atoms with Crippen LogP contribution < -0.4 is 5.32 Å². The van der Waals surface area contributed by atoms with Gasteiger partial charge in [-0.3, -0.25) is 4.79 Å². The van der Waals surface area contributed by atoms with Crippen LogP contribution in [0.4, 0.5) is 5.69 Å². The van der Waals surface area contributed by atoms with Crippen molar-refractivity contribution in [3.8, 4) is 0 Å². The Morgan fingerprint density at radius 3 is 2.35 bits per heavy atom. The molecule has 17 heavy (non-hydrogen) atoms. The van der Waals surface area contributed by atoms with Gasteiger partial charge in [-0.25, -0.2) is 4.79 Å². The van der Waals surface area contributed by atoms with E-state index in [2.05, 4.69) is 5.32 Å². The summed E-state index contributed by atoms with van der Waals surface area (Å²) in [4.78, 5) is 22.6. The van der Waals surface area contributed by atoms with Gasteiger partial charge in [-0.1, -0.05) is 13.8 Å². The number of hydrogen-bond donors (Lipinski definition) is 1. The molecule has 4 heteroatoms. The first-order chi connectivity index (χ1) is 8.17. The first-order valence-corrected chi connectivity index (χ1v) is 5.74. The minimum atomic E-state index is -0.333. The molecular formula is C13H17NO3. The van der Waals surface area contributed by atoms with E-state index in [1.165, 1.54) is 0 Å². The monoisotopic (exact) mass is 235 g/mol. The molecule has 0 unspecified atom stereocenters. The maximum absolute atomic E-state index is 11.5. The third kappa shape index (κ3) is 4.26. The SMILES string of the molecule is CCCOC(=O)c1ccc(NC(=O)CC)cc1. The molecule has 0 aromatic heterocycles. The van der Waals surface area contributed by atoms with E-state index in [0.717, 1.165) is 6.42 Å². The van der Waals surface area contributed by atoms with Crippen molar-refractivity contribution in [2.24, 2.45) is 0 Å². The Bertz CT molecular complexity index is 384. The highest BCUT2D eigenvalue weighted by Crippen LogP contribution is 2.11. The van der Waals surface area contributed by atoms with Gasteiger partial charge in [0.1, 0.15) is 0 Å². The summed E-state index contributed by atoms with van der Waals surface area (Å²) in [6.45, 7) is 4.15. The summed E-state index contributed by atoms with van der Waals surface area (Å²) in [5.74, 6) is -0.383. The van der Waals surface area contributed by atoms with Crippen LogP contribution in [-0.4, -0.2) is 18.5 Å². The molecule has 1 rings (SSSR count). The number of ether oxygens (including phenoxy) is 1. The normalized spacial score (nSPS) is 9.76. The Labute approximate surface area is 101 Å². The number of hydrogen-bond acceptors (Lipinski definition) is 3. The molecule has 1 aromatic carbocycles. The standard InChI is InChI=1S/C13H17NO3/c1-3-9-17-13(16)10-5-7-11(8-6-10)14-12(15)4-2/h5-8H,3-4,9H2,1-2H3,(H,14,15). The van der Waals surface area contributed by atoms with Crippen LogP contribution in [0.15, 0.2) is 24.3 Å². The predicted molar refractivity (Wildman–Crippen MR) is 65.9 cm³/mol. The van der Waals surface area contributed by atoms with Crippen molar-refractivity contribution in [3.05, 3.63) is 29.8 Å². The Balaban J connectivity index is 2.61. The molecule has 0 bridgehead atoms. The van der Waals surface area contributed by atoms with Crippen molar-refractivity contribution < 1.29 is 14.3 Å². The van der Waals surface area contributed by atoms with Crippen LogP contribution in [0.3, 0.4) is 0 Å². The lowest BCUT2D eigenvalue weighted by atomic mass is 10.2. The molecule has 0 aliphatic heterocycles. The molecule has 92 valence electrons. The van der Waals surface area contributed by atoms with Gasteiger partial charge in [0.2, 0.25) is 5.91 Å². The van der Waals surface area contributed by atoms with Crippen LogP contribution in [0.25, 0.3) is 0 Å². The second-order valence-electron chi connectivity index (χ2n) is 3.61. The summed E-state index contributed by atoms with van der Waals surface area (Å²) in [6, 6.07) is 6.67. The zero-order valence-electron chi connectivity index (χ0n) is 10.2. The van der Waals surface area contributed by atoms with Crippen molar-refractivity contribution in [1.29, 1.82) is 0 Å². The lowest BCUT2D eigenvalue weighted by molar-refractivity contribution is -0.115. The highest BCUT2D eigenvalue weighted by molar-refractivity contribution is 5.92. The second kappa shape index (κ2) is 6.68. The molecule has 0 heterocycles. The van der Waals surface area contributed by atoms with Crippen LogP contribution in [0.5, 0.6) is 0 Å². The number of amides is 1. The maximum Gasteiger partial charge on any atom is 0.338 e. The number of benzene rings is 1. The van der Waals surface area contributed by atoms with Crippen LogP contribution >= 0.6 is 0 Å². The number of carbonyl (C=O) groups excluding carboxylic acids is 2. The summed E-state index contributed by atoms with van der Waals surface area (Å²) in [7, 11) is 0. The van der Waals surface area contributed by atoms with Gasteiger partial charge in [0.05, 0.1) is 12.2 Å². The number of esters is 1. The largest absolute Gasteiger partial charge is 0.462 e. The minimum absolute atomic E-state index is 0.0497. The molecule has 1 aromatic rings. The summed E-state index contributed by atoms with van der Waals surface area (Å²) < 4.78 is 4.99. The van der Waals surface area contributed by atoms with Crippen molar-refractivity contribution in [1.82, 2.24) is 0 Å². The van der Waals surface area contributed by atoms with Crippen molar-refractivity contribution >= 4 is 17.6 Å². The molecule has 0 atom stereocenters. The van der Waals surface area contributed by atoms with Gasteiger partial charge >= 0.3 is 5.97 Å². The van der Waals surface area contributed by atoms with E-state index in [1.807, 2.05) is 6.92 Å². The van der Waals surface area contributed by atoms with Gasteiger partial charge in [0.25, 0.3) is 0 Å². The summed E-state index contributed by atoms with van der Waals surface area (Å²) in [5, 5.41) is 2.71. The third-order valence-electron chi connectivity index (χ3n) is 2.16. The van der Waals surface area contributed by atoms with Gasteiger partial charge < -0.3 is 10.1 Å². The van der Waals surface area contributed by atoms with Gasteiger partial charge in [-0.05, 0) is 30.7 Å². The lowest BCUT2D eigenvalue weighted by Gasteiger charge is -2.05. The Morgan fingerprint density at radius 1 is 1.18 bits per heavy atom. The van der Waals surface area contributed by atoms with Gasteiger partial charge in [-0.2, -0.15) is 0 Å². The average Bonchev–Trinajstić information content (AvgIpc) is 2.36. The summed E-state index contributed by atoms with van der Waals surface area (Å²) in [6.07, 6.45) is 1.23. The van der Waals surface area contributed by atoms with Crippen LogP contribution in [0.1, 0.15) is 37.0 Å². The van der Waals surface area contributed by atoms with Crippen LogP contribution in [0.2, 0.25) is 0 Å². The number of anilines is 1. The van der Waals surface area contributed by atoms with E-state index in [1.54, 1.807) is 31.2 Å². The first kappa shape index (κ1) is 13.2. The van der Waals surface area contributed by atoms with E-state index < -0.39 is 0 Å². The van der Waals surface area contributed by atoms with Crippen molar-refractivity contribution in [3.63, 3.8) is 0 Å². The molecule has 0 saturated carbocycles. The fourth-order valence-electron chi connectivity index (χ4n) is 1.22. The Hall–Kier alpha value is -1.84. The minimum Gasteiger partial charge on any atom is -0.462 e. The molecule has 0 fully saturated rings. The fraction of sp³-hybridized carbons (Fsp3) is 0.385. The van der Waals surface area contributed by atoms with E-state index in [0.29, 0.717) is 24.3 Å². The Morgan fingerprint density at radius 2 is 1.82 bits per heavy atom. The maximum atomic E-state index is 11.5. The van der Waals surface area contributed by atoms with Crippen molar-refractivity contribution in [2.75, 3.05) is 11.9 Å². The van der Waals surface area contributed by atoms with Crippen LogP contribution in [-0.2, 0) is 9.53 Å². The zero-order valence-corrected chi connectivity index (χ0v) is 10.2. The smallest absolute Gasteiger partial charge is 0.338 e. The molecule has 4 nitrogen and oxygen atoms in total. The molecule has 0 spiro atoms. The quantitative estimate of drug-likeness (QED) is 0.798. The molecule has 0 saturated heterocycles. The fourth-order valence-corrected chi connectivity index (χ4v) is 1.22. The summed E-state index contributed by atoms with van der Waals surface area (Å²) in [5.41, 5.74) is 1.18. The zero-order chi connectivity index (χ0) is 12.7. The van der Waals surface area contributed by atoms with E-state index in [4.69, 9.17) is 4.74 Å². The van der Waals surface area contributed by atoms with Crippen molar-refractivity contribution in [2.45, 2.75) is 26.7 Å². The predicted octanol–water partition coefficient (Wildman–Crippen LogP) is 2.60.